The van der Waals surface area contributed by atoms with Crippen molar-refractivity contribution in [1.82, 2.24) is 15.1 Å². The van der Waals surface area contributed by atoms with Gasteiger partial charge in [0, 0.05) is 56.1 Å². The lowest BCUT2D eigenvalue weighted by Gasteiger charge is -2.35. The van der Waals surface area contributed by atoms with Crippen molar-refractivity contribution in [2.24, 2.45) is 0 Å². The number of ether oxygens (including phenoxy) is 1. The quantitative estimate of drug-likeness (QED) is 0.722. The minimum Gasteiger partial charge on any atom is -0.378 e. The van der Waals surface area contributed by atoms with Gasteiger partial charge in [-0.1, -0.05) is 6.07 Å². The Morgan fingerprint density at radius 3 is 2.24 bits per heavy atom. The first-order valence-electron chi connectivity index (χ1n) is 11.5. The number of aryl methyl sites for hydroxylation is 1. The summed E-state index contributed by atoms with van der Waals surface area (Å²) in [4.78, 5) is 43.3. The third-order valence-corrected chi connectivity index (χ3v) is 6.26. The summed E-state index contributed by atoms with van der Waals surface area (Å²) >= 11 is 0. The maximum atomic E-state index is 13.6. The highest BCUT2D eigenvalue weighted by atomic mass is 19.1. The van der Waals surface area contributed by atoms with E-state index in [1.165, 1.54) is 12.1 Å². The summed E-state index contributed by atoms with van der Waals surface area (Å²) in [6.07, 6.45) is 0. The number of hydrogen-bond acceptors (Lipinski definition) is 5. The van der Waals surface area contributed by atoms with Gasteiger partial charge in [0.05, 0.1) is 19.8 Å². The van der Waals surface area contributed by atoms with Gasteiger partial charge in [-0.25, -0.2) is 4.39 Å². The third kappa shape index (κ3) is 5.53. The molecule has 2 aliphatic heterocycles. The Morgan fingerprint density at radius 2 is 1.56 bits per heavy atom. The Kier molecular flexibility index (Phi) is 7.42. The molecule has 1 N–H and O–H groups in total. The molecule has 0 bridgehead atoms. The molecule has 9 heteroatoms. The molecule has 2 aliphatic rings. The lowest BCUT2D eigenvalue weighted by Crippen LogP contribution is -2.52. The summed E-state index contributed by atoms with van der Waals surface area (Å²) in [7, 11) is 0. The molecule has 0 unspecified atom stereocenters. The zero-order chi connectivity index (χ0) is 24.1. The first-order chi connectivity index (χ1) is 16.4. The van der Waals surface area contributed by atoms with Gasteiger partial charge in [-0.15, -0.1) is 0 Å². The van der Waals surface area contributed by atoms with E-state index in [0.717, 1.165) is 18.8 Å². The van der Waals surface area contributed by atoms with E-state index < -0.39 is 5.82 Å². The molecule has 2 aromatic carbocycles. The fourth-order valence-corrected chi connectivity index (χ4v) is 4.17. The number of nitrogens with zero attached hydrogens (tertiary/aromatic N) is 3. The molecule has 4 rings (SSSR count). The molecular formula is C25H29FN4O4. The summed E-state index contributed by atoms with van der Waals surface area (Å²) < 4.78 is 18.9. The van der Waals surface area contributed by atoms with E-state index in [0.29, 0.717) is 56.1 Å². The van der Waals surface area contributed by atoms with E-state index in [9.17, 15) is 18.8 Å². The molecule has 34 heavy (non-hydrogen) atoms. The standard InChI is InChI=1S/C25H29FN4O4/c1-18-2-5-20(26)16-22(18)25(33)30-10-8-29(9-11-30)23(31)17-27-24(32)19-3-6-21(7-4-19)28-12-14-34-15-13-28/h2-7,16H,8-15,17H2,1H3,(H,27,32). The van der Waals surface area contributed by atoms with Crippen molar-refractivity contribution in [2.75, 3.05) is 63.9 Å². The highest BCUT2D eigenvalue weighted by Gasteiger charge is 2.26. The fourth-order valence-electron chi connectivity index (χ4n) is 4.17. The lowest BCUT2D eigenvalue weighted by atomic mass is 10.1. The zero-order valence-corrected chi connectivity index (χ0v) is 19.3. The monoisotopic (exact) mass is 468 g/mol. The smallest absolute Gasteiger partial charge is 0.254 e. The number of carbonyl (C=O) groups is 3. The van der Waals surface area contributed by atoms with Gasteiger partial charge in [0.25, 0.3) is 11.8 Å². The van der Waals surface area contributed by atoms with Crippen LogP contribution < -0.4 is 10.2 Å². The van der Waals surface area contributed by atoms with Crippen LogP contribution in [0.5, 0.6) is 0 Å². The van der Waals surface area contributed by atoms with Gasteiger partial charge in [-0.3, -0.25) is 14.4 Å². The normalized spacial score (nSPS) is 16.4. The molecule has 0 saturated carbocycles. The highest BCUT2D eigenvalue weighted by Crippen LogP contribution is 2.17. The van der Waals surface area contributed by atoms with Crippen LogP contribution in [0.3, 0.4) is 0 Å². The number of rotatable bonds is 5. The van der Waals surface area contributed by atoms with E-state index in [1.54, 1.807) is 34.9 Å². The summed E-state index contributed by atoms with van der Waals surface area (Å²) in [5.41, 5.74) is 2.58. The van der Waals surface area contributed by atoms with Crippen LogP contribution >= 0.6 is 0 Å². The van der Waals surface area contributed by atoms with E-state index in [4.69, 9.17) is 4.74 Å². The van der Waals surface area contributed by atoms with Gasteiger partial charge in [0.2, 0.25) is 5.91 Å². The number of anilines is 1. The summed E-state index contributed by atoms with van der Waals surface area (Å²) in [6, 6.07) is 11.5. The van der Waals surface area contributed by atoms with Crippen LogP contribution in [0.1, 0.15) is 26.3 Å². The van der Waals surface area contributed by atoms with Crippen LogP contribution in [0.25, 0.3) is 0 Å². The zero-order valence-electron chi connectivity index (χ0n) is 19.3. The van der Waals surface area contributed by atoms with E-state index in [2.05, 4.69) is 10.2 Å². The number of halogens is 1. The van der Waals surface area contributed by atoms with E-state index >= 15 is 0 Å². The molecule has 2 aromatic rings. The predicted octanol–water partition coefficient (Wildman–Crippen LogP) is 1.69. The second kappa shape index (κ2) is 10.6. The molecule has 2 heterocycles. The van der Waals surface area contributed by atoms with Crippen molar-refractivity contribution in [3.05, 3.63) is 65.0 Å². The Bertz CT molecular complexity index is 1050. The number of benzene rings is 2. The molecule has 0 aliphatic carbocycles. The molecule has 3 amide bonds. The highest BCUT2D eigenvalue weighted by molar-refractivity contribution is 5.97. The molecule has 0 radical (unpaired) electrons. The minimum atomic E-state index is -0.450. The van der Waals surface area contributed by atoms with Gasteiger partial charge >= 0.3 is 0 Å². The number of carbonyl (C=O) groups excluding carboxylic acids is 3. The molecule has 0 aromatic heterocycles. The van der Waals surface area contributed by atoms with Crippen LogP contribution in [0, 0.1) is 12.7 Å². The first-order valence-corrected chi connectivity index (χ1v) is 11.5. The van der Waals surface area contributed by atoms with Crippen molar-refractivity contribution in [2.45, 2.75) is 6.92 Å². The van der Waals surface area contributed by atoms with Gasteiger partial charge in [-0.05, 0) is 48.9 Å². The fraction of sp³-hybridized carbons (Fsp3) is 0.400. The van der Waals surface area contributed by atoms with Gasteiger partial charge in [0.1, 0.15) is 5.82 Å². The summed E-state index contributed by atoms with van der Waals surface area (Å²) in [6.45, 7) is 6.13. The van der Waals surface area contributed by atoms with Crippen molar-refractivity contribution in [1.29, 1.82) is 0 Å². The van der Waals surface area contributed by atoms with E-state index in [1.807, 2.05) is 12.1 Å². The number of amides is 3. The van der Waals surface area contributed by atoms with Crippen molar-refractivity contribution in [3.63, 3.8) is 0 Å². The second-order valence-electron chi connectivity index (χ2n) is 8.46. The molecule has 2 fully saturated rings. The molecule has 2 saturated heterocycles. The average Bonchev–Trinajstić information content (AvgIpc) is 2.88. The SMILES string of the molecule is Cc1ccc(F)cc1C(=O)N1CCN(C(=O)CNC(=O)c2ccc(N3CCOCC3)cc2)CC1. The van der Waals surface area contributed by atoms with Gasteiger partial charge in [0.15, 0.2) is 0 Å². The largest absolute Gasteiger partial charge is 0.378 e. The lowest BCUT2D eigenvalue weighted by molar-refractivity contribution is -0.131. The second-order valence-corrected chi connectivity index (χ2v) is 8.46. The van der Waals surface area contributed by atoms with Crippen LogP contribution in [-0.4, -0.2) is 86.5 Å². The van der Waals surface area contributed by atoms with Crippen molar-refractivity contribution >= 4 is 23.4 Å². The number of piperazine rings is 1. The number of hydrogen-bond donors (Lipinski definition) is 1. The minimum absolute atomic E-state index is 0.110. The Balaban J connectivity index is 1.24. The topological polar surface area (TPSA) is 82.2 Å². The molecule has 180 valence electrons. The maximum absolute atomic E-state index is 13.6. The summed E-state index contributed by atoms with van der Waals surface area (Å²) in [5.74, 6) is -1.20. The molecule has 0 spiro atoms. The van der Waals surface area contributed by atoms with Gasteiger partial charge < -0.3 is 24.8 Å². The van der Waals surface area contributed by atoms with Crippen molar-refractivity contribution in [3.8, 4) is 0 Å². The number of morpholine rings is 1. The van der Waals surface area contributed by atoms with Crippen molar-refractivity contribution < 1.29 is 23.5 Å². The Hall–Kier alpha value is -3.46. The third-order valence-electron chi connectivity index (χ3n) is 6.26. The molecule has 8 nitrogen and oxygen atoms in total. The maximum Gasteiger partial charge on any atom is 0.254 e. The molecule has 0 atom stereocenters. The Labute approximate surface area is 198 Å². The predicted molar refractivity (Wildman–Crippen MR) is 125 cm³/mol. The summed E-state index contributed by atoms with van der Waals surface area (Å²) in [5, 5.41) is 2.68. The van der Waals surface area contributed by atoms with Crippen LogP contribution in [-0.2, 0) is 9.53 Å². The van der Waals surface area contributed by atoms with Gasteiger partial charge in [-0.2, -0.15) is 0 Å². The first kappa shape index (κ1) is 23.7. The number of nitrogens with one attached hydrogen (secondary N) is 1. The molecular weight excluding hydrogens is 439 g/mol. The van der Waals surface area contributed by atoms with E-state index in [-0.39, 0.29) is 24.3 Å². The van der Waals surface area contributed by atoms with Crippen LogP contribution in [0.2, 0.25) is 0 Å². The Morgan fingerprint density at radius 1 is 0.912 bits per heavy atom. The van der Waals surface area contributed by atoms with Crippen LogP contribution in [0.4, 0.5) is 10.1 Å². The van der Waals surface area contributed by atoms with Crippen LogP contribution in [0.15, 0.2) is 42.5 Å². The average molecular weight is 469 g/mol.